The first-order chi connectivity index (χ1) is 15.6. The van der Waals surface area contributed by atoms with Crippen LogP contribution < -0.4 is 5.32 Å². The van der Waals surface area contributed by atoms with Crippen LogP contribution in [0.15, 0.2) is 11.6 Å². The van der Waals surface area contributed by atoms with Crippen molar-refractivity contribution in [2.75, 3.05) is 20.1 Å². The summed E-state index contributed by atoms with van der Waals surface area (Å²) in [6.45, 7) is 12.6. The number of carbonyl (C=O) groups excluding carboxylic acids is 2. The van der Waals surface area contributed by atoms with Gasteiger partial charge in [0.05, 0.1) is 6.04 Å². The minimum absolute atomic E-state index is 0.0662. The molecule has 1 saturated heterocycles. The second-order valence-corrected chi connectivity index (χ2v) is 10.2. The average Bonchev–Trinajstić information content (AvgIpc) is 2.81. The number of piperidine rings is 1. The van der Waals surface area contributed by atoms with Crippen LogP contribution in [-0.2, 0) is 14.4 Å². The number of carboxylic acid groups (broad SMARTS) is 1. The van der Waals surface area contributed by atoms with Crippen molar-refractivity contribution >= 4 is 18.3 Å². The van der Waals surface area contributed by atoms with Crippen LogP contribution in [0.25, 0.3) is 0 Å². The molecule has 0 spiro atoms. The van der Waals surface area contributed by atoms with Crippen LogP contribution in [0, 0.1) is 11.8 Å². The summed E-state index contributed by atoms with van der Waals surface area (Å²) in [5, 5.41) is 11.8. The Labute approximate surface area is 201 Å². The third-order valence-electron chi connectivity index (χ3n) is 6.99. The lowest BCUT2D eigenvalue weighted by Gasteiger charge is -2.36. The van der Waals surface area contributed by atoms with Crippen LogP contribution in [0.4, 0.5) is 0 Å². The number of nitrogens with one attached hydrogen (secondary N) is 1. The molecule has 2 fully saturated rings. The summed E-state index contributed by atoms with van der Waals surface area (Å²) < 4.78 is 0. The summed E-state index contributed by atoms with van der Waals surface area (Å²) in [5.41, 5.74) is 0.214. The number of aliphatic carboxylic acids is 1. The second kappa shape index (κ2) is 15.1. The number of likely N-dealkylation sites (N-methyl/N-ethyl adjacent to an activating group) is 1. The van der Waals surface area contributed by atoms with Crippen molar-refractivity contribution in [2.45, 2.75) is 104 Å². The molecule has 0 unspecified atom stereocenters. The van der Waals surface area contributed by atoms with Crippen molar-refractivity contribution in [2.24, 2.45) is 11.8 Å². The van der Waals surface area contributed by atoms with E-state index >= 15 is 0 Å². The Kier molecular flexibility index (Phi) is 13.3. The van der Waals surface area contributed by atoms with Gasteiger partial charge in [-0.15, -0.1) is 0 Å². The molecule has 1 aliphatic carbocycles. The van der Waals surface area contributed by atoms with Gasteiger partial charge < -0.3 is 20.2 Å². The van der Waals surface area contributed by atoms with Gasteiger partial charge in [-0.25, -0.2) is 4.79 Å². The fourth-order valence-electron chi connectivity index (χ4n) is 4.83. The first-order valence-corrected chi connectivity index (χ1v) is 12.7. The van der Waals surface area contributed by atoms with Gasteiger partial charge in [0, 0.05) is 18.7 Å². The van der Waals surface area contributed by atoms with Crippen LogP contribution in [0.3, 0.4) is 0 Å². The Morgan fingerprint density at radius 3 is 1.97 bits per heavy atom. The van der Waals surface area contributed by atoms with Gasteiger partial charge in [0.15, 0.2) is 0 Å². The van der Waals surface area contributed by atoms with Gasteiger partial charge in [-0.3, -0.25) is 9.59 Å². The van der Waals surface area contributed by atoms with E-state index in [-0.39, 0.29) is 29.4 Å². The maximum absolute atomic E-state index is 13.0. The summed E-state index contributed by atoms with van der Waals surface area (Å²) in [5.74, 6) is -0.925. The summed E-state index contributed by atoms with van der Waals surface area (Å²) >= 11 is 0. The lowest BCUT2D eigenvalue weighted by molar-refractivity contribution is -0.137. The van der Waals surface area contributed by atoms with Crippen molar-refractivity contribution in [3.05, 3.63) is 11.6 Å². The van der Waals surface area contributed by atoms with Gasteiger partial charge >= 0.3 is 5.97 Å². The first-order valence-electron chi connectivity index (χ1n) is 12.7. The summed E-state index contributed by atoms with van der Waals surface area (Å²) in [7, 11) is 1.68. The highest BCUT2D eigenvalue weighted by Gasteiger charge is 2.34. The van der Waals surface area contributed by atoms with E-state index in [0.717, 1.165) is 31.7 Å². The molecule has 2 atom stereocenters. The van der Waals surface area contributed by atoms with E-state index in [1.54, 1.807) is 18.0 Å². The SMILES string of the molecule is C/C(=C\[C@H](C(C)C)N(C)C(=O)[C@H](NC=O)C1CCCCC1)C(=O)O.CC(C)N1CCCCC1. The zero-order valence-corrected chi connectivity index (χ0v) is 21.7. The number of amides is 2. The Bertz CT molecular complexity index is 635. The standard InChI is InChI=1S/C18H30N2O4.C8H17N/c1-12(2)15(10-13(3)18(23)24)20(4)17(22)16(19-11-21)14-8-6-5-7-9-14;1-8(2)9-6-4-3-5-7-9/h10-12,14-16H,5-9H2,1-4H3,(H,19,21)(H,23,24);8H,3-7H2,1-2H3/b13-10+;/t15-,16-;/m1./s1. The van der Waals surface area contributed by atoms with Crippen LogP contribution in [0.1, 0.15) is 86.0 Å². The maximum atomic E-state index is 13.0. The van der Waals surface area contributed by atoms with Crippen molar-refractivity contribution in [3.63, 3.8) is 0 Å². The normalized spacial score (nSPS) is 19.9. The predicted octanol–water partition coefficient (Wildman–Crippen LogP) is 4.08. The van der Waals surface area contributed by atoms with Crippen LogP contribution >= 0.6 is 0 Å². The Balaban J connectivity index is 0.000000502. The van der Waals surface area contributed by atoms with Crippen LogP contribution in [-0.4, -0.2) is 71.5 Å². The summed E-state index contributed by atoms with van der Waals surface area (Å²) in [6.07, 6.45) is 11.7. The number of hydrogen-bond acceptors (Lipinski definition) is 4. The zero-order valence-electron chi connectivity index (χ0n) is 21.7. The molecule has 1 saturated carbocycles. The third-order valence-corrected chi connectivity index (χ3v) is 6.99. The number of hydrogen-bond donors (Lipinski definition) is 2. The van der Waals surface area contributed by atoms with Gasteiger partial charge in [-0.2, -0.15) is 0 Å². The molecule has 0 aromatic rings. The molecule has 2 N–H and O–H groups in total. The van der Waals surface area contributed by atoms with E-state index in [2.05, 4.69) is 24.1 Å². The molecular formula is C26H47N3O4. The number of likely N-dealkylation sites (tertiary alicyclic amines) is 1. The van der Waals surface area contributed by atoms with E-state index in [1.165, 1.54) is 45.7 Å². The minimum Gasteiger partial charge on any atom is -0.478 e. The van der Waals surface area contributed by atoms with Gasteiger partial charge in [0.2, 0.25) is 12.3 Å². The first kappa shape index (κ1) is 29.1. The lowest BCUT2D eigenvalue weighted by Crippen LogP contribution is -2.52. The highest BCUT2D eigenvalue weighted by molar-refractivity contribution is 5.87. The molecule has 0 aromatic heterocycles. The van der Waals surface area contributed by atoms with Crippen molar-refractivity contribution in [1.29, 1.82) is 0 Å². The maximum Gasteiger partial charge on any atom is 0.331 e. The molecule has 1 aliphatic heterocycles. The molecule has 0 aromatic carbocycles. The molecule has 1 heterocycles. The summed E-state index contributed by atoms with van der Waals surface area (Å²) in [6, 6.07) is -0.0916. The van der Waals surface area contributed by atoms with Crippen molar-refractivity contribution in [3.8, 4) is 0 Å². The van der Waals surface area contributed by atoms with E-state index in [9.17, 15) is 14.4 Å². The number of carboxylic acids is 1. The van der Waals surface area contributed by atoms with Crippen LogP contribution in [0.2, 0.25) is 0 Å². The largest absolute Gasteiger partial charge is 0.478 e. The Morgan fingerprint density at radius 1 is 1.00 bits per heavy atom. The molecular weight excluding hydrogens is 418 g/mol. The highest BCUT2D eigenvalue weighted by atomic mass is 16.4. The predicted molar refractivity (Wildman–Crippen MR) is 133 cm³/mol. The smallest absolute Gasteiger partial charge is 0.331 e. The molecule has 0 radical (unpaired) electrons. The fraction of sp³-hybridized carbons (Fsp3) is 0.808. The Morgan fingerprint density at radius 2 is 1.55 bits per heavy atom. The van der Waals surface area contributed by atoms with E-state index < -0.39 is 12.0 Å². The highest BCUT2D eigenvalue weighted by Crippen LogP contribution is 2.28. The number of carbonyl (C=O) groups is 3. The minimum atomic E-state index is -0.989. The summed E-state index contributed by atoms with van der Waals surface area (Å²) in [4.78, 5) is 39.2. The topological polar surface area (TPSA) is 90.0 Å². The number of nitrogens with zero attached hydrogens (tertiary/aromatic N) is 2. The molecule has 190 valence electrons. The van der Waals surface area contributed by atoms with E-state index in [0.29, 0.717) is 6.41 Å². The zero-order chi connectivity index (χ0) is 25.0. The average molecular weight is 466 g/mol. The van der Waals surface area contributed by atoms with Gasteiger partial charge in [0.25, 0.3) is 0 Å². The molecule has 7 nitrogen and oxygen atoms in total. The van der Waals surface area contributed by atoms with E-state index in [1.807, 2.05) is 13.8 Å². The molecule has 0 bridgehead atoms. The third kappa shape index (κ3) is 9.86. The lowest BCUT2D eigenvalue weighted by atomic mass is 9.83. The quantitative estimate of drug-likeness (QED) is 0.396. The Hall–Kier alpha value is -1.89. The second-order valence-electron chi connectivity index (χ2n) is 10.2. The fourth-order valence-corrected chi connectivity index (χ4v) is 4.83. The molecule has 2 rings (SSSR count). The molecule has 33 heavy (non-hydrogen) atoms. The van der Waals surface area contributed by atoms with Gasteiger partial charge in [0.1, 0.15) is 6.04 Å². The number of rotatable bonds is 9. The van der Waals surface area contributed by atoms with Crippen molar-refractivity contribution < 1.29 is 19.5 Å². The molecule has 7 heteroatoms. The van der Waals surface area contributed by atoms with Crippen molar-refractivity contribution in [1.82, 2.24) is 15.1 Å². The molecule has 2 amide bonds. The van der Waals surface area contributed by atoms with E-state index in [4.69, 9.17) is 5.11 Å². The van der Waals surface area contributed by atoms with Gasteiger partial charge in [-0.1, -0.05) is 45.6 Å². The van der Waals surface area contributed by atoms with Gasteiger partial charge in [-0.05, 0) is 71.4 Å². The molecule has 2 aliphatic rings. The van der Waals surface area contributed by atoms with Crippen LogP contribution in [0.5, 0.6) is 0 Å². The monoisotopic (exact) mass is 465 g/mol.